The SMILES string of the molecule is COc1cccc(SCC(CO)(NC2CC2)C2CC2)c1. The molecule has 1 atom stereocenters. The minimum absolute atomic E-state index is 0.0884. The Hall–Kier alpha value is -0.710. The molecule has 3 rings (SSSR count). The number of aliphatic hydroxyl groups is 1. The molecule has 0 aliphatic heterocycles. The zero-order valence-electron chi connectivity index (χ0n) is 12.0. The third-order valence-electron chi connectivity index (χ3n) is 4.25. The molecule has 0 radical (unpaired) electrons. The van der Waals surface area contributed by atoms with Crippen molar-refractivity contribution < 1.29 is 9.84 Å². The molecular formula is C16H23NO2S. The number of methoxy groups -OCH3 is 1. The molecule has 2 fully saturated rings. The van der Waals surface area contributed by atoms with E-state index in [2.05, 4.69) is 17.4 Å². The van der Waals surface area contributed by atoms with Gasteiger partial charge in [-0.1, -0.05) is 6.07 Å². The van der Waals surface area contributed by atoms with E-state index in [1.165, 1.54) is 30.6 Å². The van der Waals surface area contributed by atoms with E-state index in [4.69, 9.17) is 4.74 Å². The van der Waals surface area contributed by atoms with Crippen molar-refractivity contribution in [2.45, 2.75) is 42.2 Å². The second-order valence-electron chi connectivity index (χ2n) is 5.97. The van der Waals surface area contributed by atoms with Crippen LogP contribution in [-0.4, -0.2) is 36.2 Å². The summed E-state index contributed by atoms with van der Waals surface area (Å²) in [4.78, 5) is 1.21. The highest BCUT2D eigenvalue weighted by Gasteiger charge is 2.47. The molecule has 2 aliphatic carbocycles. The van der Waals surface area contributed by atoms with Crippen molar-refractivity contribution in [1.29, 1.82) is 0 Å². The van der Waals surface area contributed by atoms with Crippen LogP contribution in [0.5, 0.6) is 5.75 Å². The first-order valence-corrected chi connectivity index (χ1v) is 8.40. The highest BCUT2D eigenvalue weighted by atomic mass is 32.2. The Kier molecular flexibility index (Phi) is 4.24. The zero-order chi connectivity index (χ0) is 14.0. The molecule has 0 heterocycles. The number of benzene rings is 1. The molecule has 2 saturated carbocycles. The monoisotopic (exact) mass is 293 g/mol. The van der Waals surface area contributed by atoms with Crippen molar-refractivity contribution in [2.24, 2.45) is 5.92 Å². The lowest BCUT2D eigenvalue weighted by Gasteiger charge is -2.33. The topological polar surface area (TPSA) is 41.5 Å². The Morgan fingerprint density at radius 2 is 2.15 bits per heavy atom. The molecule has 0 aromatic heterocycles. The maximum absolute atomic E-state index is 9.94. The van der Waals surface area contributed by atoms with Gasteiger partial charge in [0.25, 0.3) is 0 Å². The summed E-state index contributed by atoms with van der Waals surface area (Å²) < 4.78 is 5.27. The predicted molar refractivity (Wildman–Crippen MR) is 82.4 cm³/mol. The van der Waals surface area contributed by atoms with Crippen LogP contribution in [0.4, 0.5) is 0 Å². The summed E-state index contributed by atoms with van der Waals surface area (Å²) in [5.74, 6) is 2.47. The summed E-state index contributed by atoms with van der Waals surface area (Å²) in [6.07, 6.45) is 5.02. The van der Waals surface area contributed by atoms with Gasteiger partial charge in [0.1, 0.15) is 5.75 Å². The highest BCUT2D eigenvalue weighted by molar-refractivity contribution is 7.99. The summed E-state index contributed by atoms with van der Waals surface area (Å²) in [5, 5.41) is 13.7. The first-order valence-electron chi connectivity index (χ1n) is 7.41. The van der Waals surface area contributed by atoms with Gasteiger partial charge in [0.2, 0.25) is 0 Å². The highest BCUT2D eigenvalue weighted by Crippen LogP contribution is 2.44. The molecule has 0 saturated heterocycles. The fraction of sp³-hybridized carbons (Fsp3) is 0.625. The molecule has 1 unspecified atom stereocenters. The van der Waals surface area contributed by atoms with E-state index in [9.17, 15) is 5.11 Å². The summed E-state index contributed by atoms with van der Waals surface area (Å²) >= 11 is 1.82. The summed E-state index contributed by atoms with van der Waals surface area (Å²) in [7, 11) is 1.70. The number of hydrogen-bond acceptors (Lipinski definition) is 4. The Morgan fingerprint density at radius 1 is 1.35 bits per heavy atom. The first kappa shape index (κ1) is 14.2. The van der Waals surface area contributed by atoms with E-state index in [-0.39, 0.29) is 12.1 Å². The van der Waals surface area contributed by atoms with E-state index in [0.29, 0.717) is 12.0 Å². The van der Waals surface area contributed by atoms with Crippen LogP contribution in [0.1, 0.15) is 25.7 Å². The molecule has 4 heteroatoms. The predicted octanol–water partition coefficient (Wildman–Crippen LogP) is 2.68. The number of ether oxygens (including phenoxy) is 1. The third kappa shape index (κ3) is 3.30. The van der Waals surface area contributed by atoms with Gasteiger partial charge in [-0.05, 0) is 49.8 Å². The number of rotatable bonds is 8. The number of hydrogen-bond donors (Lipinski definition) is 2. The van der Waals surface area contributed by atoms with E-state index in [0.717, 1.165) is 11.5 Å². The Morgan fingerprint density at radius 3 is 2.75 bits per heavy atom. The quantitative estimate of drug-likeness (QED) is 0.723. The van der Waals surface area contributed by atoms with E-state index < -0.39 is 0 Å². The molecular weight excluding hydrogens is 270 g/mol. The molecule has 110 valence electrons. The molecule has 2 aliphatic rings. The molecule has 1 aromatic rings. The average molecular weight is 293 g/mol. The van der Waals surface area contributed by atoms with Crippen LogP contribution in [0.15, 0.2) is 29.2 Å². The lowest BCUT2D eigenvalue weighted by molar-refractivity contribution is 0.157. The number of aliphatic hydroxyl groups excluding tert-OH is 1. The first-order chi connectivity index (χ1) is 9.75. The van der Waals surface area contributed by atoms with E-state index in [1.54, 1.807) is 7.11 Å². The van der Waals surface area contributed by atoms with Gasteiger partial charge in [-0.25, -0.2) is 0 Å². The molecule has 0 amide bonds. The van der Waals surface area contributed by atoms with Crippen LogP contribution in [0.25, 0.3) is 0 Å². The smallest absolute Gasteiger partial charge is 0.119 e. The van der Waals surface area contributed by atoms with Gasteiger partial charge in [0.05, 0.1) is 19.3 Å². The molecule has 2 N–H and O–H groups in total. The number of thioether (sulfide) groups is 1. The fourth-order valence-electron chi connectivity index (χ4n) is 2.67. The molecule has 0 bridgehead atoms. The largest absolute Gasteiger partial charge is 0.497 e. The molecule has 20 heavy (non-hydrogen) atoms. The fourth-order valence-corrected chi connectivity index (χ4v) is 3.88. The Labute approximate surface area is 125 Å². The van der Waals surface area contributed by atoms with E-state index in [1.807, 2.05) is 23.9 Å². The average Bonchev–Trinajstić information content (AvgIpc) is 3.37. The van der Waals surface area contributed by atoms with Crippen molar-refractivity contribution in [2.75, 3.05) is 19.5 Å². The van der Waals surface area contributed by atoms with Gasteiger partial charge in [0, 0.05) is 16.7 Å². The maximum Gasteiger partial charge on any atom is 0.119 e. The molecule has 3 nitrogen and oxygen atoms in total. The van der Waals surface area contributed by atoms with E-state index >= 15 is 0 Å². The van der Waals surface area contributed by atoms with Crippen LogP contribution in [0.2, 0.25) is 0 Å². The van der Waals surface area contributed by atoms with Crippen LogP contribution in [0.3, 0.4) is 0 Å². The van der Waals surface area contributed by atoms with Crippen molar-refractivity contribution in [3.05, 3.63) is 24.3 Å². The second-order valence-corrected chi connectivity index (χ2v) is 7.02. The lowest BCUT2D eigenvalue weighted by Crippen LogP contribution is -2.53. The minimum atomic E-state index is -0.0884. The zero-order valence-corrected chi connectivity index (χ0v) is 12.8. The molecule has 0 spiro atoms. The van der Waals surface area contributed by atoms with Gasteiger partial charge >= 0.3 is 0 Å². The van der Waals surface area contributed by atoms with Crippen molar-refractivity contribution in [1.82, 2.24) is 5.32 Å². The third-order valence-corrected chi connectivity index (χ3v) is 5.49. The summed E-state index contributed by atoms with van der Waals surface area (Å²) in [5.41, 5.74) is -0.0884. The standard InChI is InChI=1S/C16H23NO2S/c1-19-14-3-2-4-15(9-14)20-11-16(10-18,12-5-6-12)17-13-7-8-13/h2-4,9,12-13,17-18H,5-8,10-11H2,1H3. The van der Waals surface area contributed by atoms with Gasteiger partial charge in [-0.3, -0.25) is 0 Å². The summed E-state index contributed by atoms with van der Waals surface area (Å²) in [6.45, 7) is 0.241. The van der Waals surface area contributed by atoms with Crippen LogP contribution < -0.4 is 10.1 Å². The van der Waals surface area contributed by atoms with Crippen molar-refractivity contribution in [3.63, 3.8) is 0 Å². The Bertz CT molecular complexity index is 460. The van der Waals surface area contributed by atoms with Crippen LogP contribution in [-0.2, 0) is 0 Å². The maximum atomic E-state index is 9.94. The lowest BCUT2D eigenvalue weighted by atomic mass is 9.96. The molecule has 1 aromatic carbocycles. The Balaban J connectivity index is 1.66. The number of nitrogens with one attached hydrogen (secondary N) is 1. The van der Waals surface area contributed by atoms with Crippen molar-refractivity contribution in [3.8, 4) is 5.75 Å². The van der Waals surface area contributed by atoms with Gasteiger partial charge in [-0.15, -0.1) is 11.8 Å². The second kappa shape index (κ2) is 5.96. The van der Waals surface area contributed by atoms with Gasteiger partial charge in [0.15, 0.2) is 0 Å². The summed E-state index contributed by atoms with van der Waals surface area (Å²) in [6, 6.07) is 8.80. The van der Waals surface area contributed by atoms with Crippen LogP contribution >= 0.6 is 11.8 Å². The minimum Gasteiger partial charge on any atom is -0.497 e. The van der Waals surface area contributed by atoms with Crippen LogP contribution in [0, 0.1) is 5.92 Å². The van der Waals surface area contributed by atoms with Gasteiger partial charge < -0.3 is 15.2 Å². The van der Waals surface area contributed by atoms with Crippen molar-refractivity contribution >= 4 is 11.8 Å². The normalized spacial score (nSPS) is 21.5. The van der Waals surface area contributed by atoms with Gasteiger partial charge in [-0.2, -0.15) is 0 Å².